The van der Waals surface area contributed by atoms with Crippen LogP contribution >= 0.6 is 11.6 Å². The van der Waals surface area contributed by atoms with Crippen LogP contribution in [-0.2, 0) is 14.8 Å². The van der Waals surface area contributed by atoms with E-state index in [2.05, 4.69) is 5.32 Å². The lowest BCUT2D eigenvalue weighted by Crippen LogP contribution is -2.51. The van der Waals surface area contributed by atoms with Gasteiger partial charge in [0.05, 0.1) is 37.4 Å². The van der Waals surface area contributed by atoms with E-state index in [9.17, 15) is 13.2 Å². The molecule has 1 aliphatic rings. The Bertz CT molecular complexity index is 1330. The van der Waals surface area contributed by atoms with Crippen LogP contribution in [0.3, 0.4) is 0 Å². The van der Waals surface area contributed by atoms with Crippen molar-refractivity contribution in [3.63, 3.8) is 0 Å². The number of carbonyl (C=O) groups excluding carboxylic acids is 1. The van der Waals surface area contributed by atoms with Gasteiger partial charge in [0.15, 0.2) is 6.10 Å². The first kappa shape index (κ1) is 24.7. The predicted molar refractivity (Wildman–Crippen MR) is 133 cm³/mol. The Hall–Kier alpha value is -3.43. The Kier molecular flexibility index (Phi) is 7.09. The standard InChI is InChI=1S/C25H25ClN2O6S/c1-16(20-6-4-5-7-22(20)33-3)27-25(29)24-15-28(21-14-17(26)8-13-23(21)34-24)35(30,31)19-11-9-18(32-2)10-12-19/h4-14,16,24H,15H2,1-3H3,(H,27,29)/t16-,24-/m1/s1. The number of benzene rings is 3. The number of anilines is 1. The van der Waals surface area contributed by atoms with E-state index in [0.29, 0.717) is 16.5 Å². The lowest BCUT2D eigenvalue weighted by Gasteiger charge is -2.35. The topological polar surface area (TPSA) is 94.2 Å². The third-order valence-electron chi connectivity index (χ3n) is 5.69. The summed E-state index contributed by atoms with van der Waals surface area (Å²) < 4.78 is 44.8. The summed E-state index contributed by atoms with van der Waals surface area (Å²) in [6.45, 7) is 1.59. The van der Waals surface area contributed by atoms with Crippen molar-refractivity contribution >= 4 is 33.2 Å². The number of rotatable bonds is 7. The molecular formula is C25H25ClN2O6S. The molecule has 8 nitrogen and oxygen atoms in total. The number of hydrogen-bond acceptors (Lipinski definition) is 6. The van der Waals surface area contributed by atoms with Gasteiger partial charge in [-0.1, -0.05) is 29.8 Å². The zero-order valence-electron chi connectivity index (χ0n) is 19.4. The second kappa shape index (κ2) is 10.1. The normalized spacial score (nSPS) is 16.0. The van der Waals surface area contributed by atoms with Gasteiger partial charge in [-0.2, -0.15) is 0 Å². The Labute approximate surface area is 209 Å². The highest BCUT2D eigenvalue weighted by molar-refractivity contribution is 7.92. The predicted octanol–water partition coefficient (Wildman–Crippen LogP) is 4.19. The second-order valence-electron chi connectivity index (χ2n) is 7.90. The smallest absolute Gasteiger partial charge is 0.264 e. The number of sulfonamides is 1. The minimum absolute atomic E-state index is 0.0488. The maximum atomic E-state index is 13.6. The third kappa shape index (κ3) is 5.01. The average molecular weight is 517 g/mol. The lowest BCUT2D eigenvalue weighted by molar-refractivity contribution is -0.128. The number of carbonyl (C=O) groups is 1. The van der Waals surface area contributed by atoms with E-state index < -0.39 is 28.1 Å². The molecule has 0 fully saturated rings. The van der Waals surface area contributed by atoms with Gasteiger partial charge in [-0.25, -0.2) is 8.42 Å². The van der Waals surface area contributed by atoms with Crippen LogP contribution in [0.4, 0.5) is 5.69 Å². The van der Waals surface area contributed by atoms with Crippen LogP contribution in [0.1, 0.15) is 18.5 Å². The van der Waals surface area contributed by atoms with Crippen molar-refractivity contribution < 1.29 is 27.4 Å². The first-order valence-electron chi connectivity index (χ1n) is 10.8. The van der Waals surface area contributed by atoms with Gasteiger partial charge in [0.2, 0.25) is 0 Å². The van der Waals surface area contributed by atoms with Crippen LogP contribution in [0.15, 0.2) is 71.6 Å². The third-order valence-corrected chi connectivity index (χ3v) is 7.72. The number of ether oxygens (including phenoxy) is 3. The molecule has 1 N–H and O–H groups in total. The van der Waals surface area contributed by atoms with E-state index in [1.54, 1.807) is 37.4 Å². The summed E-state index contributed by atoms with van der Waals surface area (Å²) in [5.74, 6) is 0.937. The molecule has 0 aliphatic carbocycles. The van der Waals surface area contributed by atoms with Crippen LogP contribution in [0.2, 0.25) is 5.02 Å². The van der Waals surface area contributed by atoms with Gasteiger partial charge in [-0.15, -0.1) is 0 Å². The van der Waals surface area contributed by atoms with Crippen molar-refractivity contribution in [1.82, 2.24) is 5.32 Å². The Morgan fingerprint density at radius 3 is 2.49 bits per heavy atom. The first-order chi connectivity index (χ1) is 16.7. The summed E-state index contributed by atoms with van der Waals surface area (Å²) in [6, 6.07) is 17.6. The molecule has 0 bridgehead atoms. The molecule has 10 heteroatoms. The highest BCUT2D eigenvalue weighted by Crippen LogP contribution is 2.39. The minimum atomic E-state index is -4.04. The molecule has 2 atom stereocenters. The van der Waals surface area contributed by atoms with Crippen molar-refractivity contribution in [3.8, 4) is 17.2 Å². The zero-order valence-corrected chi connectivity index (χ0v) is 21.0. The van der Waals surface area contributed by atoms with Gasteiger partial charge >= 0.3 is 0 Å². The Morgan fingerprint density at radius 2 is 1.80 bits per heavy atom. The van der Waals surface area contributed by atoms with Crippen LogP contribution in [0, 0.1) is 0 Å². The lowest BCUT2D eigenvalue weighted by atomic mass is 10.1. The van der Waals surface area contributed by atoms with E-state index in [1.807, 2.05) is 25.1 Å². The van der Waals surface area contributed by atoms with Crippen LogP contribution in [-0.4, -0.2) is 41.2 Å². The van der Waals surface area contributed by atoms with Gasteiger partial charge in [-0.05, 0) is 55.5 Å². The molecular weight excluding hydrogens is 492 g/mol. The van der Waals surface area contributed by atoms with Crippen LogP contribution < -0.4 is 23.8 Å². The maximum Gasteiger partial charge on any atom is 0.264 e. The van der Waals surface area contributed by atoms with E-state index in [-0.39, 0.29) is 22.9 Å². The number of hydrogen-bond donors (Lipinski definition) is 1. The van der Waals surface area contributed by atoms with Crippen LogP contribution in [0.25, 0.3) is 0 Å². The number of fused-ring (bicyclic) bond motifs is 1. The van der Waals surface area contributed by atoms with E-state index in [0.717, 1.165) is 9.87 Å². The molecule has 1 amide bonds. The van der Waals surface area contributed by atoms with Gasteiger partial charge in [-0.3, -0.25) is 9.10 Å². The van der Waals surface area contributed by atoms with Gasteiger partial charge in [0.25, 0.3) is 15.9 Å². The summed E-state index contributed by atoms with van der Waals surface area (Å²) in [7, 11) is -0.980. The van der Waals surface area contributed by atoms with E-state index >= 15 is 0 Å². The molecule has 0 spiro atoms. The SMILES string of the molecule is COc1ccc(S(=O)(=O)N2C[C@H](C(=O)N[C@H](C)c3ccccc3OC)Oc3ccc(Cl)cc32)cc1. The molecule has 3 aromatic carbocycles. The molecule has 35 heavy (non-hydrogen) atoms. The van der Waals surface area contributed by atoms with Gasteiger partial charge in [0.1, 0.15) is 17.2 Å². The van der Waals surface area contributed by atoms with Gasteiger partial charge in [0, 0.05) is 10.6 Å². The molecule has 1 aliphatic heterocycles. The van der Waals surface area contributed by atoms with Crippen molar-refractivity contribution in [2.24, 2.45) is 0 Å². The molecule has 3 aromatic rings. The Balaban J connectivity index is 1.64. The largest absolute Gasteiger partial charge is 0.497 e. The number of amides is 1. The summed E-state index contributed by atoms with van der Waals surface area (Å²) >= 11 is 6.16. The highest BCUT2D eigenvalue weighted by Gasteiger charge is 2.38. The summed E-state index contributed by atoms with van der Waals surface area (Å²) in [6.07, 6.45) is -1.09. The van der Waals surface area contributed by atoms with E-state index in [1.165, 1.54) is 25.3 Å². The zero-order chi connectivity index (χ0) is 25.2. The minimum Gasteiger partial charge on any atom is -0.497 e. The Morgan fingerprint density at radius 1 is 1.09 bits per heavy atom. The maximum absolute atomic E-state index is 13.6. The highest BCUT2D eigenvalue weighted by atomic mass is 35.5. The molecule has 184 valence electrons. The number of nitrogens with one attached hydrogen (secondary N) is 1. The first-order valence-corrected chi connectivity index (χ1v) is 12.6. The fourth-order valence-corrected chi connectivity index (χ4v) is 5.51. The molecule has 0 unspecified atom stereocenters. The van der Waals surface area contributed by atoms with E-state index in [4.69, 9.17) is 25.8 Å². The fourth-order valence-electron chi connectivity index (χ4n) is 3.87. The molecule has 0 radical (unpaired) electrons. The molecule has 0 aromatic heterocycles. The molecule has 1 heterocycles. The average Bonchev–Trinajstić information content (AvgIpc) is 2.87. The quantitative estimate of drug-likeness (QED) is 0.506. The molecule has 0 saturated carbocycles. The van der Waals surface area contributed by atoms with Crippen molar-refractivity contribution in [2.75, 3.05) is 25.1 Å². The van der Waals surface area contributed by atoms with Crippen molar-refractivity contribution in [3.05, 3.63) is 77.3 Å². The monoisotopic (exact) mass is 516 g/mol. The van der Waals surface area contributed by atoms with Crippen LogP contribution in [0.5, 0.6) is 17.2 Å². The van der Waals surface area contributed by atoms with Gasteiger partial charge < -0.3 is 19.5 Å². The number of para-hydroxylation sites is 1. The second-order valence-corrected chi connectivity index (χ2v) is 10.2. The number of methoxy groups -OCH3 is 2. The number of nitrogens with zero attached hydrogens (tertiary/aromatic N) is 1. The molecule has 0 saturated heterocycles. The summed E-state index contributed by atoms with van der Waals surface area (Å²) in [5, 5.41) is 3.24. The van der Waals surface area contributed by atoms with Crippen molar-refractivity contribution in [1.29, 1.82) is 0 Å². The fraction of sp³-hybridized carbons (Fsp3) is 0.240. The summed E-state index contributed by atoms with van der Waals surface area (Å²) in [4.78, 5) is 13.3. The summed E-state index contributed by atoms with van der Waals surface area (Å²) in [5.41, 5.74) is 1.05. The number of halogens is 1. The van der Waals surface area contributed by atoms with Crippen molar-refractivity contribution in [2.45, 2.75) is 24.0 Å². The molecule has 4 rings (SSSR count).